The predicted molar refractivity (Wildman–Crippen MR) is 87.8 cm³/mol. The molecule has 0 aliphatic rings. The first-order valence-corrected chi connectivity index (χ1v) is 7.72. The van der Waals surface area contributed by atoms with Crippen molar-refractivity contribution in [1.29, 1.82) is 0 Å². The van der Waals surface area contributed by atoms with Crippen molar-refractivity contribution in [2.24, 2.45) is 0 Å². The maximum atomic E-state index is 14.3. The van der Waals surface area contributed by atoms with Gasteiger partial charge >= 0.3 is 6.18 Å². The van der Waals surface area contributed by atoms with Crippen molar-refractivity contribution < 1.29 is 22.4 Å². The Morgan fingerprint density at radius 2 is 1.85 bits per heavy atom. The second kappa shape index (κ2) is 7.48. The van der Waals surface area contributed by atoms with E-state index in [0.717, 1.165) is 18.3 Å². The first kappa shape index (κ1) is 18.4. The van der Waals surface area contributed by atoms with Crippen LogP contribution in [0.5, 0.6) is 0 Å². The molecule has 1 N–H and O–H groups in total. The summed E-state index contributed by atoms with van der Waals surface area (Å²) in [5.41, 5.74) is -0.848. The molecule has 9 heteroatoms. The lowest BCUT2D eigenvalue weighted by atomic mass is 10.1. The standard InChI is InChI=1S/C18H12F4N4O/c19-13-7-11(10-26-17(27)14-3-1-2-5-23-14)9-25-16(13)12-4-6-24-15(8-12)18(20,21)22/h1-9H,10H2,(H,26,27). The number of halogens is 4. The fourth-order valence-electron chi connectivity index (χ4n) is 2.29. The minimum absolute atomic E-state index is 0.0102. The highest BCUT2D eigenvalue weighted by Gasteiger charge is 2.32. The van der Waals surface area contributed by atoms with Gasteiger partial charge in [0.1, 0.15) is 22.9 Å². The number of nitrogens with zero attached hydrogens (tertiary/aromatic N) is 3. The van der Waals surface area contributed by atoms with E-state index in [1.165, 1.54) is 24.5 Å². The van der Waals surface area contributed by atoms with Crippen LogP contribution >= 0.6 is 0 Å². The number of nitrogens with one attached hydrogen (secondary N) is 1. The zero-order chi connectivity index (χ0) is 19.4. The summed E-state index contributed by atoms with van der Waals surface area (Å²) in [5, 5.41) is 2.56. The minimum Gasteiger partial charge on any atom is -0.347 e. The first-order chi connectivity index (χ1) is 12.8. The summed E-state index contributed by atoms with van der Waals surface area (Å²) in [6.45, 7) is -0.0102. The fourth-order valence-corrected chi connectivity index (χ4v) is 2.29. The second-order valence-electron chi connectivity index (χ2n) is 5.50. The third kappa shape index (κ3) is 4.43. The van der Waals surface area contributed by atoms with Crippen molar-refractivity contribution in [3.8, 4) is 11.3 Å². The summed E-state index contributed by atoms with van der Waals surface area (Å²) in [5.74, 6) is -1.25. The summed E-state index contributed by atoms with van der Waals surface area (Å²) in [7, 11) is 0. The van der Waals surface area contributed by atoms with Crippen molar-refractivity contribution in [2.45, 2.75) is 12.7 Å². The Hall–Kier alpha value is -3.36. The molecular weight excluding hydrogens is 364 g/mol. The number of pyridine rings is 3. The molecule has 0 fully saturated rings. The smallest absolute Gasteiger partial charge is 0.347 e. The number of hydrogen-bond donors (Lipinski definition) is 1. The van der Waals surface area contributed by atoms with Gasteiger partial charge in [-0.25, -0.2) is 4.39 Å². The van der Waals surface area contributed by atoms with Crippen LogP contribution in [0.2, 0.25) is 0 Å². The average Bonchev–Trinajstić information content (AvgIpc) is 2.66. The van der Waals surface area contributed by atoms with Crippen molar-refractivity contribution in [3.63, 3.8) is 0 Å². The molecule has 1 amide bonds. The second-order valence-corrected chi connectivity index (χ2v) is 5.50. The third-order valence-corrected chi connectivity index (χ3v) is 3.57. The summed E-state index contributed by atoms with van der Waals surface area (Å²) in [6, 6.07) is 7.92. The molecule has 27 heavy (non-hydrogen) atoms. The van der Waals surface area contributed by atoms with Gasteiger partial charge in [0.25, 0.3) is 5.91 Å². The SMILES string of the molecule is O=C(NCc1cnc(-c2ccnc(C(F)(F)F)c2)c(F)c1)c1ccccn1. The zero-order valence-electron chi connectivity index (χ0n) is 13.7. The van der Waals surface area contributed by atoms with Crippen LogP contribution in [0.4, 0.5) is 17.6 Å². The molecule has 0 atom stereocenters. The van der Waals surface area contributed by atoms with Gasteiger partial charge in [0, 0.05) is 30.7 Å². The average molecular weight is 376 g/mol. The molecule has 0 radical (unpaired) electrons. The lowest BCUT2D eigenvalue weighted by Crippen LogP contribution is -2.23. The van der Waals surface area contributed by atoms with Gasteiger partial charge < -0.3 is 5.32 Å². The lowest BCUT2D eigenvalue weighted by Gasteiger charge is -2.09. The normalized spacial score (nSPS) is 11.3. The van der Waals surface area contributed by atoms with Gasteiger partial charge in [-0.15, -0.1) is 0 Å². The molecule has 0 saturated heterocycles. The molecule has 0 aliphatic heterocycles. The highest BCUT2D eigenvalue weighted by molar-refractivity contribution is 5.92. The Labute approximate surface area is 151 Å². The number of hydrogen-bond acceptors (Lipinski definition) is 4. The minimum atomic E-state index is -4.64. The highest BCUT2D eigenvalue weighted by Crippen LogP contribution is 2.30. The van der Waals surface area contributed by atoms with Gasteiger partial charge in [0.2, 0.25) is 0 Å². The molecule has 0 bridgehead atoms. The summed E-state index contributed by atoms with van der Waals surface area (Å²) in [4.78, 5) is 22.9. The van der Waals surface area contributed by atoms with E-state index in [1.807, 2.05) is 0 Å². The molecule has 3 aromatic rings. The van der Waals surface area contributed by atoms with Gasteiger partial charge in [-0.3, -0.25) is 19.7 Å². The Morgan fingerprint density at radius 3 is 2.52 bits per heavy atom. The number of alkyl halides is 3. The van der Waals surface area contributed by atoms with Crippen molar-refractivity contribution in [3.05, 3.63) is 77.8 Å². The molecular formula is C18H12F4N4O. The summed E-state index contributed by atoms with van der Waals surface area (Å²) < 4.78 is 52.5. The van der Waals surface area contributed by atoms with Crippen LogP contribution in [0, 0.1) is 5.82 Å². The topological polar surface area (TPSA) is 67.8 Å². The maximum Gasteiger partial charge on any atom is 0.433 e. The molecule has 0 aliphatic carbocycles. The van der Waals surface area contributed by atoms with Gasteiger partial charge in [0.05, 0.1) is 0 Å². The number of carbonyl (C=O) groups excluding carboxylic acids is 1. The Morgan fingerprint density at radius 1 is 1.04 bits per heavy atom. The lowest BCUT2D eigenvalue weighted by molar-refractivity contribution is -0.141. The van der Waals surface area contributed by atoms with Crippen LogP contribution in [0.3, 0.4) is 0 Å². The van der Waals surface area contributed by atoms with Crippen LogP contribution in [0.25, 0.3) is 11.3 Å². The van der Waals surface area contributed by atoms with Gasteiger partial charge in [-0.1, -0.05) is 6.07 Å². The van der Waals surface area contributed by atoms with E-state index < -0.39 is 23.6 Å². The molecule has 5 nitrogen and oxygen atoms in total. The van der Waals surface area contributed by atoms with Crippen LogP contribution in [-0.4, -0.2) is 20.9 Å². The quantitative estimate of drug-likeness (QED) is 0.706. The number of amides is 1. The van der Waals surface area contributed by atoms with Crippen LogP contribution in [0.1, 0.15) is 21.7 Å². The van der Waals surface area contributed by atoms with Crippen LogP contribution in [-0.2, 0) is 12.7 Å². The Kier molecular flexibility index (Phi) is 5.11. The Bertz CT molecular complexity index is 961. The molecule has 3 aromatic heterocycles. The van der Waals surface area contributed by atoms with E-state index in [2.05, 4.69) is 20.3 Å². The first-order valence-electron chi connectivity index (χ1n) is 7.72. The molecule has 0 saturated carbocycles. The molecule has 0 unspecified atom stereocenters. The van der Waals surface area contributed by atoms with Gasteiger partial charge in [0.15, 0.2) is 0 Å². The van der Waals surface area contributed by atoms with Gasteiger partial charge in [-0.05, 0) is 35.9 Å². The van der Waals surface area contributed by atoms with Crippen molar-refractivity contribution in [1.82, 2.24) is 20.3 Å². The monoisotopic (exact) mass is 376 g/mol. The third-order valence-electron chi connectivity index (χ3n) is 3.57. The van der Waals surface area contributed by atoms with Crippen molar-refractivity contribution >= 4 is 5.91 Å². The van der Waals surface area contributed by atoms with E-state index in [-0.39, 0.29) is 23.5 Å². The molecule has 3 rings (SSSR count). The summed E-state index contributed by atoms with van der Waals surface area (Å²) in [6.07, 6.45) is -0.942. The largest absolute Gasteiger partial charge is 0.433 e. The van der Waals surface area contributed by atoms with Crippen molar-refractivity contribution in [2.75, 3.05) is 0 Å². The van der Waals surface area contributed by atoms with E-state index in [1.54, 1.807) is 12.1 Å². The van der Waals surface area contributed by atoms with Crippen LogP contribution in [0.15, 0.2) is 55.0 Å². The number of rotatable bonds is 4. The Balaban J connectivity index is 1.75. The summed E-state index contributed by atoms with van der Waals surface area (Å²) >= 11 is 0. The number of carbonyl (C=O) groups is 1. The molecule has 0 spiro atoms. The molecule has 3 heterocycles. The number of aromatic nitrogens is 3. The van der Waals surface area contributed by atoms with E-state index >= 15 is 0 Å². The van der Waals surface area contributed by atoms with E-state index in [4.69, 9.17) is 0 Å². The van der Waals surface area contributed by atoms with E-state index in [0.29, 0.717) is 5.56 Å². The molecule has 0 aromatic carbocycles. The van der Waals surface area contributed by atoms with Crippen LogP contribution < -0.4 is 5.32 Å². The highest BCUT2D eigenvalue weighted by atomic mass is 19.4. The molecule has 138 valence electrons. The predicted octanol–water partition coefficient (Wildman–Crippen LogP) is 3.63. The van der Waals surface area contributed by atoms with E-state index in [9.17, 15) is 22.4 Å². The maximum absolute atomic E-state index is 14.3. The zero-order valence-corrected chi connectivity index (χ0v) is 13.7. The fraction of sp³-hybridized carbons (Fsp3) is 0.111. The van der Waals surface area contributed by atoms with Gasteiger partial charge in [-0.2, -0.15) is 13.2 Å².